The minimum absolute atomic E-state index is 0.0192. The molecule has 0 aliphatic heterocycles. The second-order valence-electron chi connectivity index (χ2n) is 5.21. The van der Waals surface area contributed by atoms with Gasteiger partial charge >= 0.3 is 0 Å². The van der Waals surface area contributed by atoms with Gasteiger partial charge < -0.3 is 14.2 Å². The molecular weight excluding hydrogens is 278 g/mol. The molecule has 1 N–H and O–H groups in total. The zero-order valence-electron chi connectivity index (χ0n) is 12.3. The molecule has 0 fully saturated rings. The quantitative estimate of drug-likeness (QED) is 0.729. The molecule has 1 atom stereocenters. The fourth-order valence-corrected chi connectivity index (χ4v) is 2.33. The van der Waals surface area contributed by atoms with E-state index >= 15 is 0 Å². The first-order valence-electron chi connectivity index (χ1n) is 7.20. The molecule has 1 unspecified atom stereocenters. The molecule has 1 aromatic carbocycles. The van der Waals surface area contributed by atoms with Crippen molar-refractivity contribution in [1.82, 2.24) is 5.32 Å². The van der Waals surface area contributed by atoms with Gasteiger partial charge in [0, 0.05) is 23.9 Å². The second kappa shape index (κ2) is 6.35. The molecule has 0 aliphatic rings. The van der Waals surface area contributed by atoms with Crippen LogP contribution in [0, 0.1) is 0 Å². The van der Waals surface area contributed by atoms with E-state index in [0.717, 1.165) is 16.7 Å². The Bertz CT molecular complexity index is 751. The Morgan fingerprint density at radius 1 is 1.27 bits per heavy atom. The molecule has 0 radical (unpaired) electrons. The molecular formula is C18H17NO3. The van der Waals surface area contributed by atoms with Gasteiger partial charge in [-0.05, 0) is 37.3 Å². The lowest BCUT2D eigenvalue weighted by Crippen LogP contribution is -2.32. The monoisotopic (exact) mass is 295 g/mol. The lowest BCUT2D eigenvalue weighted by atomic mass is 10.2. The molecule has 3 rings (SSSR count). The number of fused-ring (bicyclic) bond motifs is 1. The molecule has 112 valence electrons. The number of hydrogen-bond donors (Lipinski definition) is 1. The fourth-order valence-electron chi connectivity index (χ4n) is 2.33. The van der Waals surface area contributed by atoms with Crippen LogP contribution in [0.5, 0.6) is 0 Å². The summed E-state index contributed by atoms with van der Waals surface area (Å²) in [7, 11) is 0. The van der Waals surface area contributed by atoms with Crippen molar-refractivity contribution in [2.45, 2.75) is 19.4 Å². The number of carbonyl (C=O) groups excluding carboxylic acids is 1. The third-order valence-corrected chi connectivity index (χ3v) is 3.31. The van der Waals surface area contributed by atoms with Gasteiger partial charge in [0.15, 0.2) is 0 Å². The second-order valence-corrected chi connectivity index (χ2v) is 5.21. The van der Waals surface area contributed by atoms with Gasteiger partial charge in [0.25, 0.3) is 0 Å². The van der Waals surface area contributed by atoms with Gasteiger partial charge in [0.2, 0.25) is 5.91 Å². The average Bonchev–Trinajstić information content (AvgIpc) is 3.13. The van der Waals surface area contributed by atoms with E-state index in [1.165, 1.54) is 6.08 Å². The first-order chi connectivity index (χ1) is 10.7. The molecule has 0 saturated carbocycles. The molecule has 2 heterocycles. The predicted octanol–water partition coefficient (Wildman–Crippen LogP) is 3.79. The van der Waals surface area contributed by atoms with Crippen molar-refractivity contribution < 1.29 is 13.6 Å². The van der Waals surface area contributed by atoms with E-state index in [9.17, 15) is 4.79 Å². The summed E-state index contributed by atoms with van der Waals surface area (Å²) in [6.45, 7) is 1.95. The van der Waals surface area contributed by atoms with E-state index in [1.54, 1.807) is 24.5 Å². The van der Waals surface area contributed by atoms with E-state index in [-0.39, 0.29) is 11.9 Å². The SMILES string of the molecule is CC(Cc1cc2ccccc2o1)NC(=O)/C=C/c1ccco1. The average molecular weight is 295 g/mol. The summed E-state index contributed by atoms with van der Waals surface area (Å²) in [6, 6.07) is 13.4. The molecule has 0 aliphatic carbocycles. The molecule has 0 spiro atoms. The third-order valence-electron chi connectivity index (χ3n) is 3.31. The first kappa shape index (κ1) is 14.2. The first-order valence-corrected chi connectivity index (χ1v) is 7.20. The lowest BCUT2D eigenvalue weighted by Gasteiger charge is -2.10. The van der Waals surface area contributed by atoms with E-state index in [2.05, 4.69) is 5.32 Å². The van der Waals surface area contributed by atoms with Crippen LogP contribution in [-0.4, -0.2) is 11.9 Å². The van der Waals surface area contributed by atoms with Gasteiger partial charge in [-0.15, -0.1) is 0 Å². The Labute approximate surface area is 128 Å². The highest BCUT2D eigenvalue weighted by molar-refractivity contribution is 5.91. The number of benzene rings is 1. The van der Waals surface area contributed by atoms with Crippen LogP contribution in [0.3, 0.4) is 0 Å². The normalized spacial score (nSPS) is 12.8. The molecule has 4 nitrogen and oxygen atoms in total. The number of amides is 1. The molecule has 1 amide bonds. The van der Waals surface area contributed by atoms with Crippen molar-refractivity contribution in [3.63, 3.8) is 0 Å². The minimum atomic E-state index is -0.153. The Hall–Kier alpha value is -2.75. The van der Waals surface area contributed by atoms with Crippen LogP contribution in [0.15, 0.2) is 63.6 Å². The topological polar surface area (TPSA) is 55.4 Å². The highest BCUT2D eigenvalue weighted by atomic mass is 16.3. The maximum atomic E-state index is 11.8. The lowest BCUT2D eigenvalue weighted by molar-refractivity contribution is -0.117. The number of carbonyl (C=O) groups is 1. The standard InChI is InChI=1S/C18H17NO3/c1-13(19-18(20)9-8-15-6-4-10-21-15)11-16-12-14-5-2-3-7-17(14)22-16/h2-10,12-13H,11H2,1H3,(H,19,20)/b9-8+. The number of nitrogens with one attached hydrogen (secondary N) is 1. The summed E-state index contributed by atoms with van der Waals surface area (Å²) < 4.78 is 10.9. The van der Waals surface area contributed by atoms with Crippen LogP contribution in [-0.2, 0) is 11.2 Å². The van der Waals surface area contributed by atoms with E-state index in [4.69, 9.17) is 8.83 Å². The number of furan rings is 2. The number of rotatable bonds is 5. The van der Waals surface area contributed by atoms with Crippen molar-refractivity contribution >= 4 is 23.0 Å². The van der Waals surface area contributed by atoms with Crippen LogP contribution in [0.4, 0.5) is 0 Å². The predicted molar refractivity (Wildman–Crippen MR) is 85.3 cm³/mol. The molecule has 2 aromatic heterocycles. The summed E-state index contributed by atoms with van der Waals surface area (Å²) in [5.74, 6) is 1.36. The Kier molecular flexibility index (Phi) is 4.10. The number of hydrogen-bond acceptors (Lipinski definition) is 3. The zero-order chi connectivity index (χ0) is 15.4. The number of para-hydroxylation sites is 1. The molecule has 4 heteroatoms. The third kappa shape index (κ3) is 3.47. The van der Waals surface area contributed by atoms with E-state index < -0.39 is 0 Å². The smallest absolute Gasteiger partial charge is 0.244 e. The summed E-state index contributed by atoms with van der Waals surface area (Å²) in [5, 5.41) is 3.99. The summed E-state index contributed by atoms with van der Waals surface area (Å²) in [5.41, 5.74) is 0.869. The van der Waals surface area contributed by atoms with Crippen LogP contribution < -0.4 is 5.32 Å². The van der Waals surface area contributed by atoms with Gasteiger partial charge in [-0.1, -0.05) is 18.2 Å². The maximum Gasteiger partial charge on any atom is 0.244 e. The van der Waals surface area contributed by atoms with Gasteiger partial charge in [-0.3, -0.25) is 4.79 Å². The van der Waals surface area contributed by atoms with Gasteiger partial charge in [0.05, 0.1) is 6.26 Å². The van der Waals surface area contributed by atoms with Gasteiger partial charge in [0.1, 0.15) is 17.1 Å². The minimum Gasteiger partial charge on any atom is -0.465 e. The van der Waals surface area contributed by atoms with Crippen LogP contribution >= 0.6 is 0 Å². The van der Waals surface area contributed by atoms with Crippen LogP contribution in [0.1, 0.15) is 18.4 Å². The Morgan fingerprint density at radius 2 is 2.14 bits per heavy atom. The zero-order valence-corrected chi connectivity index (χ0v) is 12.3. The largest absolute Gasteiger partial charge is 0.465 e. The van der Waals surface area contributed by atoms with E-state index in [1.807, 2.05) is 37.3 Å². The van der Waals surface area contributed by atoms with Crippen LogP contribution in [0.25, 0.3) is 17.0 Å². The van der Waals surface area contributed by atoms with Gasteiger partial charge in [-0.2, -0.15) is 0 Å². The highest BCUT2D eigenvalue weighted by Gasteiger charge is 2.10. The summed E-state index contributed by atoms with van der Waals surface area (Å²) in [6.07, 6.45) is 5.33. The van der Waals surface area contributed by atoms with Crippen molar-refractivity contribution in [3.05, 3.63) is 66.3 Å². The van der Waals surface area contributed by atoms with E-state index in [0.29, 0.717) is 12.2 Å². The highest BCUT2D eigenvalue weighted by Crippen LogP contribution is 2.19. The van der Waals surface area contributed by atoms with Crippen molar-refractivity contribution in [3.8, 4) is 0 Å². The fraction of sp³-hybridized carbons (Fsp3) is 0.167. The van der Waals surface area contributed by atoms with Crippen molar-refractivity contribution in [1.29, 1.82) is 0 Å². The summed E-state index contributed by atoms with van der Waals surface area (Å²) in [4.78, 5) is 11.8. The Balaban J connectivity index is 1.57. The summed E-state index contributed by atoms with van der Waals surface area (Å²) >= 11 is 0. The van der Waals surface area contributed by atoms with Gasteiger partial charge in [-0.25, -0.2) is 0 Å². The van der Waals surface area contributed by atoms with Crippen molar-refractivity contribution in [2.24, 2.45) is 0 Å². The molecule has 3 aromatic rings. The van der Waals surface area contributed by atoms with Crippen LogP contribution in [0.2, 0.25) is 0 Å². The van der Waals surface area contributed by atoms with Crippen molar-refractivity contribution in [2.75, 3.05) is 0 Å². The molecule has 0 saturated heterocycles. The maximum absolute atomic E-state index is 11.8. The Morgan fingerprint density at radius 3 is 2.91 bits per heavy atom. The molecule has 0 bridgehead atoms. The molecule has 22 heavy (non-hydrogen) atoms.